The maximum atomic E-state index is 13.4. The fourth-order valence-corrected chi connectivity index (χ4v) is 6.51. The van der Waals surface area contributed by atoms with Crippen molar-refractivity contribution in [3.8, 4) is 23.0 Å². The van der Waals surface area contributed by atoms with Gasteiger partial charge in [0.15, 0.2) is 48.0 Å². The number of aromatic hydroxyl groups is 4. The molecule has 0 amide bonds. The van der Waals surface area contributed by atoms with Gasteiger partial charge in [0.1, 0.15) is 30.0 Å². The number of aliphatic hydroxyl groups excluding tert-OH is 3. The Labute approximate surface area is 306 Å². The average molecular weight is 751 g/mol. The lowest BCUT2D eigenvalue weighted by molar-refractivity contribution is -0.348. The van der Waals surface area contributed by atoms with Gasteiger partial charge in [-0.15, -0.1) is 0 Å². The van der Waals surface area contributed by atoms with E-state index in [1.807, 2.05) is 13.8 Å². The standard InChI is InChI=1S/C37H50O16/c1-18-19(2)21(4)50-34(20(18)3)53-32-30(44)35(47-12-11-23-6-9-25(40)27(42)14-23)51-28(15-48-36-33(45)37(46,16-38)17-49-36)31(32)52-29(43)10-7-22-5-8-24(39)26(41)13-22/h5-10,13-14,18-21,28,30-36,38-42,44-46H,11-12,15-17H2,1-4H3/b10-7+/t18-,19-,20-,21+,28-,30-,31-,32-,33+,34+,35-,36-,37-/m1/s1. The Morgan fingerprint density at radius 3 is 2.21 bits per heavy atom. The highest BCUT2D eigenvalue weighted by atomic mass is 16.7. The summed E-state index contributed by atoms with van der Waals surface area (Å²) in [6.07, 6.45) is -8.40. The first kappa shape index (κ1) is 40.6. The number of hydrogen-bond acceptors (Lipinski definition) is 16. The van der Waals surface area contributed by atoms with Crippen LogP contribution in [0.5, 0.6) is 23.0 Å². The number of benzene rings is 2. The molecule has 8 N–H and O–H groups in total. The lowest BCUT2D eigenvalue weighted by Crippen LogP contribution is -2.63. The van der Waals surface area contributed by atoms with Gasteiger partial charge >= 0.3 is 5.97 Å². The molecule has 3 aliphatic rings. The van der Waals surface area contributed by atoms with Crippen molar-refractivity contribution in [3.05, 3.63) is 53.6 Å². The van der Waals surface area contributed by atoms with E-state index in [1.165, 1.54) is 36.4 Å². The Bertz CT molecular complexity index is 1570. The van der Waals surface area contributed by atoms with E-state index >= 15 is 0 Å². The van der Waals surface area contributed by atoms with Gasteiger partial charge in [-0.1, -0.05) is 32.9 Å². The Balaban J connectivity index is 1.42. The van der Waals surface area contributed by atoms with Gasteiger partial charge in [-0.25, -0.2) is 4.79 Å². The third-order valence-electron chi connectivity index (χ3n) is 10.5. The molecule has 16 nitrogen and oxygen atoms in total. The number of carbonyl (C=O) groups is 1. The van der Waals surface area contributed by atoms with Gasteiger partial charge in [0.25, 0.3) is 0 Å². The van der Waals surface area contributed by atoms with Crippen LogP contribution in [0.1, 0.15) is 38.8 Å². The molecule has 3 fully saturated rings. The minimum absolute atomic E-state index is 0.0329. The number of aliphatic hydroxyl groups is 4. The van der Waals surface area contributed by atoms with E-state index < -0.39 is 86.5 Å². The summed E-state index contributed by atoms with van der Waals surface area (Å²) in [7, 11) is 0. The summed E-state index contributed by atoms with van der Waals surface area (Å²) in [5, 5.41) is 81.6. The number of esters is 1. The summed E-state index contributed by atoms with van der Waals surface area (Å²) in [6, 6.07) is 8.24. The molecule has 0 aromatic heterocycles. The van der Waals surface area contributed by atoms with Gasteiger partial charge in [0, 0.05) is 12.0 Å². The van der Waals surface area contributed by atoms with E-state index in [1.54, 1.807) is 6.07 Å². The van der Waals surface area contributed by atoms with Crippen LogP contribution in [0.2, 0.25) is 0 Å². The molecule has 0 radical (unpaired) electrons. The largest absolute Gasteiger partial charge is 0.504 e. The molecule has 0 bridgehead atoms. The van der Waals surface area contributed by atoms with E-state index in [0.29, 0.717) is 11.1 Å². The van der Waals surface area contributed by atoms with Crippen molar-refractivity contribution in [2.24, 2.45) is 17.8 Å². The molecule has 13 atom stereocenters. The molecule has 53 heavy (non-hydrogen) atoms. The zero-order valence-electron chi connectivity index (χ0n) is 29.9. The van der Waals surface area contributed by atoms with Crippen molar-refractivity contribution in [3.63, 3.8) is 0 Å². The summed E-state index contributed by atoms with van der Waals surface area (Å²) < 4.78 is 41.9. The van der Waals surface area contributed by atoms with Gasteiger partial charge in [0.05, 0.1) is 32.5 Å². The van der Waals surface area contributed by atoms with E-state index in [-0.39, 0.29) is 54.1 Å². The predicted octanol–water partition coefficient (Wildman–Crippen LogP) is 1.27. The van der Waals surface area contributed by atoms with Crippen LogP contribution in [0.25, 0.3) is 6.08 Å². The summed E-state index contributed by atoms with van der Waals surface area (Å²) in [5.41, 5.74) is -0.998. The molecule has 0 unspecified atom stereocenters. The first-order chi connectivity index (χ1) is 25.1. The zero-order chi connectivity index (χ0) is 38.6. The highest BCUT2D eigenvalue weighted by molar-refractivity contribution is 5.87. The minimum atomic E-state index is -1.98. The second kappa shape index (κ2) is 17.3. The Morgan fingerprint density at radius 1 is 0.849 bits per heavy atom. The maximum absolute atomic E-state index is 13.4. The number of phenolic OH excluding ortho intramolecular Hbond substituents is 4. The molecule has 3 saturated heterocycles. The van der Waals surface area contributed by atoms with Crippen LogP contribution >= 0.6 is 0 Å². The number of carbonyl (C=O) groups excluding carboxylic acids is 1. The van der Waals surface area contributed by atoms with Crippen LogP contribution in [0.15, 0.2) is 42.5 Å². The lowest BCUT2D eigenvalue weighted by atomic mass is 9.79. The van der Waals surface area contributed by atoms with Crippen molar-refractivity contribution in [1.29, 1.82) is 0 Å². The molecule has 2 aromatic rings. The zero-order valence-corrected chi connectivity index (χ0v) is 29.9. The molecular formula is C37H50O16. The molecule has 3 aliphatic heterocycles. The Hall–Kier alpha value is -3.55. The van der Waals surface area contributed by atoms with Gasteiger partial charge in [-0.3, -0.25) is 0 Å². The van der Waals surface area contributed by atoms with Gasteiger partial charge in [0.2, 0.25) is 0 Å². The van der Waals surface area contributed by atoms with E-state index in [9.17, 15) is 45.6 Å². The monoisotopic (exact) mass is 750 g/mol. The highest BCUT2D eigenvalue weighted by Gasteiger charge is 2.53. The molecule has 2 aromatic carbocycles. The molecular weight excluding hydrogens is 700 g/mol. The average Bonchev–Trinajstić information content (AvgIpc) is 3.42. The van der Waals surface area contributed by atoms with Gasteiger partial charge < -0.3 is 74.0 Å². The molecule has 0 aliphatic carbocycles. The van der Waals surface area contributed by atoms with Crippen LogP contribution in [0.4, 0.5) is 0 Å². The van der Waals surface area contributed by atoms with Crippen LogP contribution in [0, 0.1) is 17.8 Å². The molecule has 5 rings (SSSR count). The summed E-state index contributed by atoms with van der Waals surface area (Å²) in [6.45, 7) is 6.29. The fraction of sp³-hybridized carbons (Fsp3) is 0.595. The highest BCUT2D eigenvalue weighted by Crippen LogP contribution is 2.38. The quantitative estimate of drug-likeness (QED) is 0.0817. The molecule has 0 saturated carbocycles. The first-order valence-electron chi connectivity index (χ1n) is 17.5. The van der Waals surface area contributed by atoms with Gasteiger partial charge in [-0.05, 0) is 66.6 Å². The topological polar surface area (TPSA) is 244 Å². The third kappa shape index (κ3) is 9.40. The normalized spacial score (nSPS) is 36.2. The maximum Gasteiger partial charge on any atom is 0.331 e. The predicted molar refractivity (Wildman–Crippen MR) is 183 cm³/mol. The number of ether oxygens (including phenoxy) is 7. The van der Waals surface area contributed by atoms with Crippen molar-refractivity contribution in [1.82, 2.24) is 0 Å². The van der Waals surface area contributed by atoms with Crippen LogP contribution in [-0.2, 0) is 44.4 Å². The number of rotatable bonds is 13. The van der Waals surface area contributed by atoms with Crippen LogP contribution < -0.4 is 0 Å². The molecule has 0 spiro atoms. The van der Waals surface area contributed by atoms with Gasteiger partial charge in [-0.2, -0.15) is 0 Å². The Morgan fingerprint density at radius 2 is 1.55 bits per heavy atom. The number of hydrogen-bond donors (Lipinski definition) is 8. The van der Waals surface area contributed by atoms with Crippen LogP contribution in [-0.4, -0.2) is 134 Å². The summed E-state index contributed by atoms with van der Waals surface area (Å²) >= 11 is 0. The van der Waals surface area contributed by atoms with Crippen molar-refractivity contribution in [2.45, 2.75) is 95.2 Å². The Kier molecular flexibility index (Phi) is 13.2. The number of phenols is 4. The molecule has 3 heterocycles. The fourth-order valence-electron chi connectivity index (χ4n) is 6.51. The first-order valence-corrected chi connectivity index (χ1v) is 17.5. The van der Waals surface area contributed by atoms with Crippen molar-refractivity contribution >= 4 is 12.0 Å². The van der Waals surface area contributed by atoms with Crippen molar-refractivity contribution < 1.29 is 78.8 Å². The smallest absolute Gasteiger partial charge is 0.331 e. The molecule has 16 heteroatoms. The van der Waals surface area contributed by atoms with E-state index in [4.69, 9.17) is 33.2 Å². The van der Waals surface area contributed by atoms with E-state index in [2.05, 4.69) is 13.8 Å². The third-order valence-corrected chi connectivity index (χ3v) is 10.5. The second-order valence-corrected chi connectivity index (χ2v) is 14.1. The van der Waals surface area contributed by atoms with Crippen LogP contribution in [0.3, 0.4) is 0 Å². The second-order valence-electron chi connectivity index (χ2n) is 14.1. The SMILES string of the molecule is C[C@@H]1[C@@H](C)[C@H](C)O[C@@H](O[C@@H]2[C@@H](O)[C@H](OCCc3ccc(O)c(O)c3)O[C@H](CO[C@@H]3OC[C@](O)(CO)[C@H]3O)[C@H]2OC(=O)/C=C/c2ccc(O)c(O)c2)[C@@H]1C. The summed E-state index contributed by atoms with van der Waals surface area (Å²) in [4.78, 5) is 13.4. The summed E-state index contributed by atoms with van der Waals surface area (Å²) in [5.74, 6) is -2.07. The van der Waals surface area contributed by atoms with E-state index in [0.717, 1.165) is 6.08 Å². The van der Waals surface area contributed by atoms with Crippen molar-refractivity contribution in [2.75, 3.05) is 26.4 Å². The minimum Gasteiger partial charge on any atom is -0.504 e. The molecule has 294 valence electrons. The lowest BCUT2D eigenvalue weighted by Gasteiger charge is -2.48.